The second-order valence-electron chi connectivity index (χ2n) is 14.7. The topological polar surface area (TPSA) is 47.1 Å². The van der Waals surface area contributed by atoms with Crippen LogP contribution in [0.1, 0.15) is 17.3 Å². The Balaban J connectivity index is 1.26. The maximum Gasteiger partial charge on any atom is 0.185 e. The number of aromatic nitrogens is 3. The summed E-state index contributed by atoms with van der Waals surface area (Å²) in [5.74, 6) is 1.54. The number of imidazole rings is 1. The van der Waals surface area contributed by atoms with E-state index in [0.717, 1.165) is 61.2 Å². The standard InChI is InChI=1S/C50H35FN4OSi/c1-54-40-25-10-9-24-39(40)53-50(54)34-18-16-17-33(31-34)47(51)38-32-42-49(46-37-23-8-12-27-43(37)56-48(38)46)57(35-19-4-2-5-20-35,36-21-6-3-7-22-36)44-28-13-11-26-41(44)55(42)45-29-14-15-30-52-45/h2-32,47H,1H3. The number of aryl methyl sites for hydroxylation is 1. The molecule has 0 N–H and O–H groups in total. The zero-order valence-electron chi connectivity index (χ0n) is 31.1. The van der Waals surface area contributed by atoms with Gasteiger partial charge in [0.25, 0.3) is 0 Å². The number of para-hydroxylation sites is 4. The molecule has 7 heteroatoms. The van der Waals surface area contributed by atoms with E-state index in [1.54, 1.807) is 0 Å². The molecule has 1 aliphatic rings. The molecular formula is C50H35FN4OSi. The Hall–Kier alpha value is -7.09. The maximum atomic E-state index is 18.1. The molecule has 272 valence electrons. The summed E-state index contributed by atoms with van der Waals surface area (Å²) >= 11 is 0. The van der Waals surface area contributed by atoms with Crippen molar-refractivity contribution < 1.29 is 8.81 Å². The third kappa shape index (κ3) is 4.92. The van der Waals surface area contributed by atoms with Gasteiger partial charge < -0.3 is 8.98 Å². The van der Waals surface area contributed by atoms with Crippen molar-refractivity contribution in [3.8, 4) is 11.4 Å². The van der Waals surface area contributed by atoms with E-state index in [1.165, 1.54) is 15.6 Å². The molecule has 0 radical (unpaired) electrons. The fourth-order valence-electron chi connectivity index (χ4n) is 9.20. The number of hydrogen-bond donors (Lipinski definition) is 0. The number of benzene rings is 7. The molecule has 0 fully saturated rings. The highest BCUT2D eigenvalue weighted by atomic mass is 28.3. The molecule has 0 aliphatic carbocycles. The molecule has 57 heavy (non-hydrogen) atoms. The second-order valence-corrected chi connectivity index (χ2v) is 18.3. The molecule has 0 saturated heterocycles. The lowest BCUT2D eigenvalue weighted by atomic mass is 9.97. The summed E-state index contributed by atoms with van der Waals surface area (Å²) in [5, 5.41) is 6.73. The Morgan fingerprint density at radius 3 is 2.12 bits per heavy atom. The van der Waals surface area contributed by atoms with Crippen molar-refractivity contribution in [3.63, 3.8) is 0 Å². The molecule has 0 amide bonds. The van der Waals surface area contributed by atoms with Gasteiger partial charge in [-0.25, -0.2) is 14.4 Å². The minimum Gasteiger partial charge on any atom is -0.456 e. The van der Waals surface area contributed by atoms with Gasteiger partial charge in [-0.1, -0.05) is 133 Å². The Bertz CT molecular complexity index is 3090. The van der Waals surface area contributed by atoms with E-state index in [9.17, 15) is 0 Å². The number of furan rings is 1. The first kappa shape index (κ1) is 33.3. The fourth-order valence-corrected chi connectivity index (χ4v) is 14.5. The van der Waals surface area contributed by atoms with Crippen LogP contribution in [0, 0.1) is 0 Å². The quantitative estimate of drug-likeness (QED) is 0.159. The average Bonchev–Trinajstić information content (AvgIpc) is 3.84. The van der Waals surface area contributed by atoms with Gasteiger partial charge in [0.05, 0.1) is 11.0 Å². The summed E-state index contributed by atoms with van der Waals surface area (Å²) in [6.45, 7) is 0. The van der Waals surface area contributed by atoms with E-state index in [1.807, 2.05) is 98.2 Å². The molecule has 0 spiro atoms. The van der Waals surface area contributed by atoms with Gasteiger partial charge in [0.1, 0.15) is 22.8 Å². The van der Waals surface area contributed by atoms with Gasteiger partial charge in [-0.2, -0.15) is 0 Å². The van der Waals surface area contributed by atoms with Gasteiger partial charge in [-0.3, -0.25) is 4.90 Å². The zero-order chi connectivity index (χ0) is 38.1. The number of alkyl halides is 1. The number of halogens is 1. The van der Waals surface area contributed by atoms with Gasteiger partial charge in [0.2, 0.25) is 0 Å². The Morgan fingerprint density at radius 2 is 1.35 bits per heavy atom. The lowest BCUT2D eigenvalue weighted by molar-refractivity contribution is 0.401. The van der Waals surface area contributed by atoms with Crippen LogP contribution in [0.15, 0.2) is 193 Å². The molecule has 7 aromatic carbocycles. The Morgan fingerprint density at radius 1 is 0.649 bits per heavy atom. The highest BCUT2D eigenvalue weighted by Crippen LogP contribution is 2.46. The van der Waals surface area contributed by atoms with E-state index in [4.69, 9.17) is 14.4 Å². The SMILES string of the molecule is Cn1c(-c2cccc(C(F)c3cc4c(c5c3oc3ccccc35)[Si](c3ccccc3)(c3ccccc3)c3ccccc3N4c3ccccn3)c2)nc2ccccc21. The molecule has 1 atom stereocenters. The molecule has 1 unspecified atom stereocenters. The van der Waals surface area contributed by atoms with Crippen molar-refractivity contribution in [2.45, 2.75) is 6.17 Å². The summed E-state index contributed by atoms with van der Waals surface area (Å²) in [7, 11) is -1.17. The number of anilines is 3. The summed E-state index contributed by atoms with van der Waals surface area (Å²) < 4.78 is 27.0. The first-order valence-corrected chi connectivity index (χ1v) is 21.2. The first-order chi connectivity index (χ1) is 28.1. The van der Waals surface area contributed by atoms with Crippen LogP contribution < -0.4 is 25.6 Å². The third-order valence-electron chi connectivity index (χ3n) is 11.6. The summed E-state index contributed by atoms with van der Waals surface area (Å²) in [5.41, 5.74) is 6.95. The molecule has 10 aromatic rings. The monoisotopic (exact) mass is 754 g/mol. The van der Waals surface area contributed by atoms with Gasteiger partial charge >= 0.3 is 0 Å². The van der Waals surface area contributed by atoms with Crippen LogP contribution in [-0.2, 0) is 7.05 Å². The van der Waals surface area contributed by atoms with Crippen LogP contribution in [0.5, 0.6) is 0 Å². The molecular weight excluding hydrogens is 720 g/mol. The van der Waals surface area contributed by atoms with Crippen LogP contribution in [-0.4, -0.2) is 22.6 Å². The summed E-state index contributed by atoms with van der Waals surface area (Å²) in [4.78, 5) is 12.1. The summed E-state index contributed by atoms with van der Waals surface area (Å²) in [6.07, 6.45) is 0.294. The van der Waals surface area contributed by atoms with E-state index in [-0.39, 0.29) is 0 Å². The minimum atomic E-state index is -3.17. The predicted molar refractivity (Wildman–Crippen MR) is 232 cm³/mol. The molecule has 3 aromatic heterocycles. The molecule has 0 bridgehead atoms. The van der Waals surface area contributed by atoms with Crippen LogP contribution in [0.3, 0.4) is 0 Å². The number of rotatable bonds is 6. The van der Waals surface area contributed by atoms with Gasteiger partial charge in [0, 0.05) is 46.5 Å². The van der Waals surface area contributed by atoms with E-state index in [2.05, 4.69) is 107 Å². The normalized spacial score (nSPS) is 13.8. The fraction of sp³-hybridized carbons (Fsp3) is 0.0400. The van der Waals surface area contributed by atoms with Crippen molar-refractivity contribution in [1.29, 1.82) is 0 Å². The lowest BCUT2D eigenvalue weighted by Crippen LogP contribution is -2.77. The Kier molecular flexibility index (Phi) is 7.59. The van der Waals surface area contributed by atoms with Crippen LogP contribution in [0.2, 0.25) is 0 Å². The van der Waals surface area contributed by atoms with Crippen molar-refractivity contribution in [1.82, 2.24) is 14.5 Å². The number of hydrogen-bond acceptors (Lipinski definition) is 4. The van der Waals surface area contributed by atoms with Gasteiger partial charge in [-0.15, -0.1) is 0 Å². The first-order valence-electron chi connectivity index (χ1n) is 19.2. The lowest BCUT2D eigenvalue weighted by Gasteiger charge is -2.45. The zero-order valence-corrected chi connectivity index (χ0v) is 32.1. The average molecular weight is 755 g/mol. The van der Waals surface area contributed by atoms with Crippen molar-refractivity contribution in [2.24, 2.45) is 7.05 Å². The second kappa shape index (κ2) is 13.0. The largest absolute Gasteiger partial charge is 0.456 e. The van der Waals surface area contributed by atoms with E-state index < -0.39 is 14.2 Å². The van der Waals surface area contributed by atoms with E-state index >= 15 is 4.39 Å². The van der Waals surface area contributed by atoms with Gasteiger partial charge in [0.15, 0.2) is 14.2 Å². The third-order valence-corrected chi connectivity index (χ3v) is 16.5. The maximum absolute atomic E-state index is 18.1. The van der Waals surface area contributed by atoms with Crippen LogP contribution in [0.25, 0.3) is 44.4 Å². The number of fused-ring (bicyclic) bond motifs is 7. The molecule has 11 rings (SSSR count). The van der Waals surface area contributed by atoms with Crippen molar-refractivity contribution in [3.05, 3.63) is 199 Å². The highest BCUT2D eigenvalue weighted by molar-refractivity contribution is 7.22. The smallest absolute Gasteiger partial charge is 0.185 e. The predicted octanol–water partition coefficient (Wildman–Crippen LogP) is 9.75. The van der Waals surface area contributed by atoms with Crippen molar-refractivity contribution >= 4 is 79.0 Å². The summed E-state index contributed by atoms with van der Waals surface area (Å²) in [6, 6.07) is 62.4. The molecule has 5 nitrogen and oxygen atoms in total. The van der Waals surface area contributed by atoms with Crippen molar-refractivity contribution in [2.75, 3.05) is 4.90 Å². The Labute approximate surface area is 330 Å². The van der Waals surface area contributed by atoms with Crippen LogP contribution >= 0.6 is 0 Å². The number of pyridine rings is 1. The molecule has 0 saturated carbocycles. The highest BCUT2D eigenvalue weighted by Gasteiger charge is 2.51. The molecule has 1 aliphatic heterocycles. The minimum absolute atomic E-state index is 0.464. The molecule has 4 heterocycles. The van der Waals surface area contributed by atoms with E-state index in [0.29, 0.717) is 16.7 Å². The number of nitrogens with zero attached hydrogens (tertiary/aromatic N) is 4. The van der Waals surface area contributed by atoms with Crippen LogP contribution in [0.4, 0.5) is 21.6 Å². The van der Waals surface area contributed by atoms with Gasteiger partial charge in [-0.05, 0) is 74.8 Å².